The van der Waals surface area contributed by atoms with Crippen LogP contribution >= 0.6 is 31.9 Å². The average molecular weight is 275 g/mol. The van der Waals surface area contributed by atoms with Gasteiger partial charge in [0.1, 0.15) is 23.5 Å². The molecule has 1 rings (SSSR count). The number of aromatic amines is 1. The van der Waals surface area contributed by atoms with Gasteiger partial charge in [-0.3, -0.25) is 0 Å². The molecule has 0 amide bonds. The van der Waals surface area contributed by atoms with Gasteiger partial charge in [0.25, 0.3) is 0 Å². The van der Waals surface area contributed by atoms with Crippen LogP contribution in [0, 0.1) is 22.7 Å². The molecule has 0 spiro atoms. The molecule has 11 heavy (non-hydrogen) atoms. The minimum Gasteiger partial charge on any atom is -0.336 e. The van der Waals surface area contributed by atoms with E-state index < -0.39 is 0 Å². The maximum absolute atomic E-state index is 8.51. The molecule has 0 saturated carbocycles. The Morgan fingerprint density at radius 1 is 1.00 bits per heavy atom. The molecule has 3 nitrogen and oxygen atoms in total. The minimum atomic E-state index is 0.355. The molecule has 0 unspecified atom stereocenters. The van der Waals surface area contributed by atoms with Gasteiger partial charge >= 0.3 is 0 Å². The summed E-state index contributed by atoms with van der Waals surface area (Å²) in [6.07, 6.45) is 0. The van der Waals surface area contributed by atoms with Gasteiger partial charge in [-0.05, 0) is 31.9 Å². The van der Waals surface area contributed by atoms with Crippen LogP contribution in [0.2, 0.25) is 0 Å². The van der Waals surface area contributed by atoms with Crippen LogP contribution in [0.15, 0.2) is 8.95 Å². The molecular formula is C6HBr2N3. The van der Waals surface area contributed by atoms with Crippen LogP contribution in [0.1, 0.15) is 11.4 Å². The van der Waals surface area contributed by atoms with E-state index in [2.05, 4.69) is 36.8 Å². The average Bonchev–Trinajstić information content (AvgIpc) is 2.30. The van der Waals surface area contributed by atoms with Crippen molar-refractivity contribution >= 4 is 31.9 Å². The Bertz CT molecular complexity index is 332. The van der Waals surface area contributed by atoms with Crippen LogP contribution in [-0.2, 0) is 0 Å². The monoisotopic (exact) mass is 273 g/mol. The summed E-state index contributed by atoms with van der Waals surface area (Å²) in [4.78, 5) is 2.63. The van der Waals surface area contributed by atoms with E-state index >= 15 is 0 Å². The number of H-pyrrole nitrogens is 1. The van der Waals surface area contributed by atoms with E-state index in [1.165, 1.54) is 0 Å². The topological polar surface area (TPSA) is 63.4 Å². The second-order valence-corrected chi connectivity index (χ2v) is 3.31. The third-order valence-corrected chi connectivity index (χ3v) is 3.22. The van der Waals surface area contributed by atoms with Gasteiger partial charge in [0.2, 0.25) is 0 Å². The largest absolute Gasteiger partial charge is 0.336 e. The zero-order valence-corrected chi connectivity index (χ0v) is 8.32. The van der Waals surface area contributed by atoms with Crippen LogP contribution in [0.3, 0.4) is 0 Å². The highest BCUT2D eigenvalue weighted by molar-refractivity contribution is 9.13. The van der Waals surface area contributed by atoms with Crippen molar-refractivity contribution < 1.29 is 0 Å². The summed E-state index contributed by atoms with van der Waals surface area (Å²) in [5.41, 5.74) is 0.710. The Hall–Kier alpha value is -0.780. The zero-order chi connectivity index (χ0) is 8.43. The molecule has 0 atom stereocenters. The minimum absolute atomic E-state index is 0.355. The van der Waals surface area contributed by atoms with Gasteiger partial charge in [-0.25, -0.2) is 0 Å². The van der Waals surface area contributed by atoms with Crippen LogP contribution in [-0.4, -0.2) is 4.98 Å². The molecule has 5 heteroatoms. The molecule has 1 N–H and O–H groups in total. The van der Waals surface area contributed by atoms with Gasteiger partial charge < -0.3 is 4.98 Å². The predicted molar refractivity (Wildman–Crippen MR) is 45.6 cm³/mol. The van der Waals surface area contributed by atoms with Crippen molar-refractivity contribution in [2.45, 2.75) is 0 Å². The number of hydrogen-bond acceptors (Lipinski definition) is 2. The fraction of sp³-hybridized carbons (Fsp3) is 0. The number of nitrogens with one attached hydrogen (secondary N) is 1. The summed E-state index contributed by atoms with van der Waals surface area (Å²) in [6.45, 7) is 0. The van der Waals surface area contributed by atoms with Crippen LogP contribution in [0.25, 0.3) is 0 Å². The lowest BCUT2D eigenvalue weighted by molar-refractivity contribution is 1.28. The molecule has 0 fully saturated rings. The zero-order valence-electron chi connectivity index (χ0n) is 5.15. The number of aromatic nitrogens is 1. The fourth-order valence-corrected chi connectivity index (χ4v) is 1.38. The lowest BCUT2D eigenvalue weighted by atomic mass is 10.4. The Kier molecular flexibility index (Phi) is 2.33. The highest BCUT2D eigenvalue weighted by Crippen LogP contribution is 2.29. The maximum Gasteiger partial charge on any atom is 0.134 e. The summed E-state index contributed by atoms with van der Waals surface area (Å²) >= 11 is 6.30. The van der Waals surface area contributed by atoms with E-state index in [9.17, 15) is 0 Å². The summed E-state index contributed by atoms with van der Waals surface area (Å²) in [7, 11) is 0. The van der Waals surface area contributed by atoms with Gasteiger partial charge in [-0.2, -0.15) is 10.5 Å². The lowest BCUT2D eigenvalue weighted by Crippen LogP contribution is -1.74. The van der Waals surface area contributed by atoms with Crippen molar-refractivity contribution in [2.24, 2.45) is 0 Å². The summed E-state index contributed by atoms with van der Waals surface area (Å²) in [5.74, 6) is 0. The smallest absolute Gasteiger partial charge is 0.134 e. The highest BCUT2D eigenvalue weighted by Gasteiger charge is 2.11. The molecule has 1 heterocycles. The highest BCUT2D eigenvalue weighted by atomic mass is 79.9. The van der Waals surface area contributed by atoms with Crippen molar-refractivity contribution in [3.05, 3.63) is 20.3 Å². The number of nitrogens with zero attached hydrogens (tertiary/aromatic N) is 2. The summed E-state index contributed by atoms with van der Waals surface area (Å²) < 4.78 is 1.19. The fourth-order valence-electron chi connectivity index (χ4n) is 0.608. The quantitative estimate of drug-likeness (QED) is 0.789. The second kappa shape index (κ2) is 3.08. The first kappa shape index (κ1) is 8.32. The van der Waals surface area contributed by atoms with Crippen molar-refractivity contribution in [3.8, 4) is 12.1 Å². The van der Waals surface area contributed by atoms with Gasteiger partial charge in [0, 0.05) is 0 Å². The third-order valence-electron chi connectivity index (χ3n) is 1.11. The first-order chi connectivity index (χ1) is 5.20. The summed E-state index contributed by atoms with van der Waals surface area (Å²) in [6, 6.07) is 3.81. The SMILES string of the molecule is N#Cc1[nH]c(C#N)c(Br)c1Br. The van der Waals surface area contributed by atoms with Crippen molar-refractivity contribution in [3.63, 3.8) is 0 Å². The molecule has 0 radical (unpaired) electrons. The standard InChI is InChI=1S/C6HBr2N3/c7-5-3(1-9)11-4(2-10)6(5)8/h11H. The van der Waals surface area contributed by atoms with Crippen molar-refractivity contribution in [2.75, 3.05) is 0 Å². The van der Waals surface area contributed by atoms with E-state index in [1.807, 2.05) is 12.1 Å². The molecule has 0 bridgehead atoms. The maximum atomic E-state index is 8.51. The van der Waals surface area contributed by atoms with E-state index in [0.29, 0.717) is 20.3 Å². The lowest BCUT2D eigenvalue weighted by Gasteiger charge is -1.81. The normalized spacial score (nSPS) is 8.73. The first-order valence-corrected chi connectivity index (χ1v) is 4.16. The summed E-state index contributed by atoms with van der Waals surface area (Å²) in [5, 5.41) is 17.0. The molecule has 54 valence electrons. The van der Waals surface area contributed by atoms with E-state index in [1.54, 1.807) is 0 Å². The van der Waals surface area contributed by atoms with Crippen LogP contribution in [0.4, 0.5) is 0 Å². The number of nitriles is 2. The molecule has 0 aliphatic heterocycles. The van der Waals surface area contributed by atoms with Gasteiger partial charge in [0.05, 0.1) is 8.95 Å². The van der Waals surface area contributed by atoms with Gasteiger partial charge in [-0.15, -0.1) is 0 Å². The van der Waals surface area contributed by atoms with E-state index in [-0.39, 0.29) is 0 Å². The van der Waals surface area contributed by atoms with Gasteiger partial charge in [0.15, 0.2) is 0 Å². The van der Waals surface area contributed by atoms with Crippen LogP contribution in [0.5, 0.6) is 0 Å². The Labute approximate surface area is 79.9 Å². The van der Waals surface area contributed by atoms with Crippen LogP contribution < -0.4 is 0 Å². The van der Waals surface area contributed by atoms with Crippen molar-refractivity contribution in [1.29, 1.82) is 10.5 Å². The third kappa shape index (κ3) is 1.30. The second-order valence-electron chi connectivity index (χ2n) is 1.73. The number of rotatable bonds is 0. The molecule has 0 aliphatic rings. The molecule has 1 aromatic heterocycles. The van der Waals surface area contributed by atoms with E-state index in [4.69, 9.17) is 10.5 Å². The molecule has 0 aliphatic carbocycles. The molecular weight excluding hydrogens is 274 g/mol. The van der Waals surface area contributed by atoms with Gasteiger partial charge in [-0.1, -0.05) is 0 Å². The number of hydrogen-bond donors (Lipinski definition) is 1. The first-order valence-electron chi connectivity index (χ1n) is 2.58. The Balaban J connectivity index is 3.40. The Morgan fingerprint density at radius 2 is 1.36 bits per heavy atom. The molecule has 0 saturated heterocycles. The predicted octanol–water partition coefficient (Wildman–Crippen LogP) is 2.28. The van der Waals surface area contributed by atoms with Crippen molar-refractivity contribution in [1.82, 2.24) is 4.98 Å². The Morgan fingerprint density at radius 3 is 1.55 bits per heavy atom. The molecule has 1 aromatic rings. The number of halogens is 2. The molecule has 0 aromatic carbocycles. The van der Waals surface area contributed by atoms with E-state index in [0.717, 1.165) is 0 Å².